The molecule has 0 amide bonds. The van der Waals surface area contributed by atoms with Crippen LogP contribution >= 0.6 is 0 Å². The van der Waals surface area contributed by atoms with Crippen LogP contribution in [0.15, 0.2) is 54.1 Å². The Morgan fingerprint density at radius 2 is 1.96 bits per heavy atom. The van der Waals surface area contributed by atoms with Crippen molar-refractivity contribution < 1.29 is 8.42 Å². The van der Waals surface area contributed by atoms with Crippen LogP contribution in [-0.4, -0.2) is 19.0 Å². The summed E-state index contributed by atoms with van der Waals surface area (Å²) in [7, 11) is -3.71. The van der Waals surface area contributed by atoms with Crippen molar-refractivity contribution in [1.82, 2.24) is 9.29 Å². The molecule has 1 aromatic carbocycles. The fraction of sp³-hybridized carbons (Fsp3) is 0.300. The summed E-state index contributed by atoms with van der Waals surface area (Å²) >= 11 is 0. The van der Waals surface area contributed by atoms with Gasteiger partial charge in [-0.25, -0.2) is 13.1 Å². The van der Waals surface area contributed by atoms with Crippen molar-refractivity contribution >= 4 is 27.9 Å². The van der Waals surface area contributed by atoms with Crippen LogP contribution < -0.4 is 10.5 Å². The summed E-state index contributed by atoms with van der Waals surface area (Å²) in [5.41, 5.74) is 8.11. The van der Waals surface area contributed by atoms with Gasteiger partial charge in [0.25, 0.3) is 0 Å². The van der Waals surface area contributed by atoms with E-state index in [4.69, 9.17) is 5.73 Å². The summed E-state index contributed by atoms with van der Waals surface area (Å²) in [6.45, 7) is 10.3. The fourth-order valence-electron chi connectivity index (χ4n) is 2.77. The van der Waals surface area contributed by atoms with Gasteiger partial charge in [-0.1, -0.05) is 44.7 Å². The number of benzene rings is 1. The van der Waals surface area contributed by atoms with E-state index in [-0.39, 0.29) is 22.5 Å². The molecule has 0 aliphatic carbocycles. The molecule has 0 aliphatic rings. The summed E-state index contributed by atoms with van der Waals surface area (Å²) in [6, 6.07) is 8.19. The Hall–Kier alpha value is -2.31. The van der Waals surface area contributed by atoms with Crippen molar-refractivity contribution in [3.63, 3.8) is 0 Å². The number of anilines is 1. The average molecular weight is 374 g/mol. The molecule has 0 saturated heterocycles. The number of para-hydroxylation sites is 1. The van der Waals surface area contributed by atoms with Crippen LogP contribution in [0.2, 0.25) is 0 Å². The molecule has 2 aromatic rings. The van der Waals surface area contributed by atoms with Gasteiger partial charge in [0, 0.05) is 24.5 Å². The smallest absolute Gasteiger partial charge is 0.242 e. The van der Waals surface area contributed by atoms with E-state index < -0.39 is 10.0 Å². The molecule has 0 fully saturated rings. The SMILES string of the molecule is C=Cc1ccn(CC(NS(=O)(=O)c2ccccc2N)C(C)C)c1/C=C\C. The minimum atomic E-state index is -3.71. The second-order valence-corrected chi connectivity index (χ2v) is 8.20. The molecule has 0 radical (unpaired) electrons. The van der Waals surface area contributed by atoms with Crippen LogP contribution in [0.1, 0.15) is 32.0 Å². The Morgan fingerprint density at radius 1 is 1.27 bits per heavy atom. The zero-order valence-electron chi connectivity index (χ0n) is 15.5. The topological polar surface area (TPSA) is 77.1 Å². The Kier molecular flexibility index (Phi) is 6.45. The van der Waals surface area contributed by atoms with Gasteiger partial charge in [0.05, 0.1) is 5.69 Å². The van der Waals surface area contributed by atoms with E-state index >= 15 is 0 Å². The largest absolute Gasteiger partial charge is 0.398 e. The molecule has 0 saturated carbocycles. The van der Waals surface area contributed by atoms with E-state index in [9.17, 15) is 8.42 Å². The lowest BCUT2D eigenvalue weighted by atomic mass is 10.1. The van der Waals surface area contributed by atoms with Gasteiger partial charge >= 0.3 is 0 Å². The maximum atomic E-state index is 12.8. The highest BCUT2D eigenvalue weighted by molar-refractivity contribution is 7.89. The molecule has 5 nitrogen and oxygen atoms in total. The Balaban J connectivity index is 2.32. The maximum absolute atomic E-state index is 12.8. The summed E-state index contributed by atoms with van der Waals surface area (Å²) in [4.78, 5) is 0.110. The van der Waals surface area contributed by atoms with Crippen LogP contribution in [0.4, 0.5) is 5.69 Å². The van der Waals surface area contributed by atoms with Gasteiger partial charge in [-0.05, 0) is 42.7 Å². The second kappa shape index (κ2) is 8.38. The summed E-state index contributed by atoms with van der Waals surface area (Å²) in [5, 5.41) is 0. The first-order valence-corrected chi connectivity index (χ1v) is 10.1. The van der Waals surface area contributed by atoms with Crippen molar-refractivity contribution in [1.29, 1.82) is 0 Å². The Bertz CT molecular complexity index is 896. The molecule has 0 spiro atoms. The van der Waals surface area contributed by atoms with E-state index in [1.54, 1.807) is 24.3 Å². The van der Waals surface area contributed by atoms with Gasteiger partial charge in [0.2, 0.25) is 10.0 Å². The van der Waals surface area contributed by atoms with E-state index in [2.05, 4.69) is 11.3 Å². The molecule has 140 valence electrons. The standard InChI is InChI=1S/C20H27N3O2S/c1-5-9-19-16(6-2)12-13-23(19)14-18(15(3)4)22-26(24,25)20-11-8-7-10-17(20)21/h5-13,15,18,22H,2,14,21H2,1,3-4H3/b9-5-. The molecule has 1 atom stereocenters. The number of sulfonamides is 1. The third-order valence-corrected chi connectivity index (χ3v) is 5.86. The number of hydrogen-bond acceptors (Lipinski definition) is 3. The van der Waals surface area contributed by atoms with Crippen molar-refractivity contribution in [2.24, 2.45) is 5.92 Å². The number of nitrogens with zero attached hydrogens (tertiary/aromatic N) is 1. The molecule has 1 aromatic heterocycles. The van der Waals surface area contributed by atoms with E-state index in [1.807, 2.05) is 49.8 Å². The lowest BCUT2D eigenvalue weighted by molar-refractivity contribution is 0.398. The van der Waals surface area contributed by atoms with E-state index in [0.717, 1.165) is 11.3 Å². The Labute approximate surface area is 156 Å². The van der Waals surface area contributed by atoms with Gasteiger partial charge in [-0.2, -0.15) is 0 Å². The lowest BCUT2D eigenvalue weighted by Gasteiger charge is -2.24. The first-order valence-electron chi connectivity index (χ1n) is 8.61. The Morgan fingerprint density at radius 3 is 2.54 bits per heavy atom. The number of rotatable bonds is 8. The first-order chi connectivity index (χ1) is 12.3. The highest BCUT2D eigenvalue weighted by Crippen LogP contribution is 2.21. The molecule has 26 heavy (non-hydrogen) atoms. The summed E-state index contributed by atoms with van der Waals surface area (Å²) < 4.78 is 30.5. The second-order valence-electron chi connectivity index (χ2n) is 6.52. The van der Waals surface area contributed by atoms with Crippen LogP contribution in [0.5, 0.6) is 0 Å². The molecule has 2 rings (SSSR count). The molecule has 0 bridgehead atoms. The van der Waals surface area contributed by atoms with Crippen molar-refractivity contribution in [2.75, 3.05) is 5.73 Å². The van der Waals surface area contributed by atoms with E-state index in [0.29, 0.717) is 6.54 Å². The van der Waals surface area contributed by atoms with Gasteiger partial charge in [0.1, 0.15) is 4.90 Å². The number of nitrogens with one attached hydrogen (secondary N) is 1. The first kappa shape index (κ1) is 20.0. The molecule has 1 heterocycles. The summed E-state index contributed by atoms with van der Waals surface area (Å²) in [5.74, 6) is 0.0998. The predicted molar refractivity (Wildman–Crippen MR) is 109 cm³/mol. The zero-order chi connectivity index (χ0) is 19.3. The van der Waals surface area contributed by atoms with Gasteiger partial charge in [-0.3, -0.25) is 0 Å². The predicted octanol–water partition coefficient (Wildman–Crippen LogP) is 3.75. The van der Waals surface area contributed by atoms with Crippen molar-refractivity contribution in [2.45, 2.75) is 38.3 Å². The average Bonchev–Trinajstić information content (AvgIpc) is 2.96. The quantitative estimate of drug-likeness (QED) is 0.692. The third-order valence-electron chi connectivity index (χ3n) is 4.30. The van der Waals surface area contributed by atoms with Gasteiger partial charge in [0.15, 0.2) is 0 Å². The maximum Gasteiger partial charge on any atom is 0.242 e. The number of nitrogens with two attached hydrogens (primary N) is 1. The van der Waals surface area contributed by atoms with Crippen LogP contribution in [0.25, 0.3) is 12.2 Å². The highest BCUT2D eigenvalue weighted by Gasteiger charge is 2.25. The van der Waals surface area contributed by atoms with Gasteiger partial charge in [-0.15, -0.1) is 0 Å². The normalized spacial score (nSPS) is 13.4. The summed E-state index contributed by atoms with van der Waals surface area (Å²) in [6.07, 6.45) is 7.70. The van der Waals surface area contributed by atoms with Crippen molar-refractivity contribution in [3.05, 3.63) is 60.4 Å². The fourth-order valence-corrected chi connectivity index (χ4v) is 4.28. The molecular formula is C20H27N3O2S. The van der Waals surface area contributed by atoms with Crippen LogP contribution in [0.3, 0.4) is 0 Å². The van der Waals surface area contributed by atoms with Crippen LogP contribution in [-0.2, 0) is 16.6 Å². The van der Waals surface area contributed by atoms with Gasteiger partial charge < -0.3 is 10.3 Å². The monoisotopic (exact) mass is 373 g/mol. The molecular weight excluding hydrogens is 346 g/mol. The van der Waals surface area contributed by atoms with E-state index in [1.165, 1.54) is 6.07 Å². The number of hydrogen-bond donors (Lipinski definition) is 2. The highest BCUT2D eigenvalue weighted by atomic mass is 32.2. The molecule has 6 heteroatoms. The number of aromatic nitrogens is 1. The minimum Gasteiger partial charge on any atom is -0.398 e. The molecule has 3 N–H and O–H groups in total. The third kappa shape index (κ3) is 4.45. The zero-order valence-corrected chi connectivity index (χ0v) is 16.3. The number of allylic oxidation sites excluding steroid dienone is 1. The van der Waals surface area contributed by atoms with Crippen LogP contribution in [0, 0.1) is 5.92 Å². The number of nitrogen functional groups attached to an aromatic ring is 1. The minimum absolute atomic E-state index is 0.0998. The molecule has 0 aliphatic heterocycles. The molecule has 1 unspecified atom stereocenters. The lowest BCUT2D eigenvalue weighted by Crippen LogP contribution is -2.41. The van der Waals surface area contributed by atoms with Crippen molar-refractivity contribution in [3.8, 4) is 0 Å².